The molecule has 1 amide bonds. The van der Waals surface area contributed by atoms with Crippen LogP contribution in [0, 0.1) is 5.41 Å². The molecule has 1 spiro atoms. The van der Waals surface area contributed by atoms with Crippen molar-refractivity contribution in [2.45, 2.75) is 16.9 Å². The van der Waals surface area contributed by atoms with Gasteiger partial charge in [0, 0.05) is 38.1 Å². The molecule has 0 aromatic heterocycles. The number of hydrogen-bond donors (Lipinski definition) is 1. The summed E-state index contributed by atoms with van der Waals surface area (Å²) in [6.45, 7) is 2.93. The summed E-state index contributed by atoms with van der Waals surface area (Å²) in [7, 11) is -5.32. The molecule has 1 aromatic carbocycles. The predicted molar refractivity (Wildman–Crippen MR) is 77.0 cm³/mol. The van der Waals surface area contributed by atoms with Gasteiger partial charge in [-0.05, 0) is 17.7 Å². The fraction of sp³-hybridized carbons (Fsp3) is 0.500. The summed E-state index contributed by atoms with van der Waals surface area (Å²) in [6.07, 6.45) is -0.930. The summed E-state index contributed by atoms with van der Waals surface area (Å²) in [5.41, 5.74) is -4.60. The summed E-state index contributed by atoms with van der Waals surface area (Å²) < 4.78 is 60.0. The van der Waals surface area contributed by atoms with Gasteiger partial charge in [0.1, 0.15) is 0 Å². The normalized spacial score (nSPS) is 20.5. The number of sulfone groups is 1. The van der Waals surface area contributed by atoms with Crippen molar-refractivity contribution in [3.8, 4) is 0 Å². The maximum Gasteiger partial charge on any atom is 0.501 e. The topological polar surface area (TPSA) is 77.9 Å². The summed E-state index contributed by atoms with van der Waals surface area (Å²) >= 11 is 0. The summed E-state index contributed by atoms with van der Waals surface area (Å²) in [6, 6.07) is 4.66. The van der Waals surface area contributed by atoms with Crippen LogP contribution in [0.25, 0.3) is 0 Å². The second kappa shape index (κ2) is 5.35. The van der Waals surface area contributed by atoms with Crippen LogP contribution in [0.2, 0.25) is 0 Å². The highest BCUT2D eigenvalue weighted by Gasteiger charge is 2.53. The number of benzene rings is 1. The van der Waals surface area contributed by atoms with E-state index in [1.54, 1.807) is 0 Å². The van der Waals surface area contributed by atoms with Crippen LogP contribution in [0.3, 0.4) is 0 Å². The van der Waals surface area contributed by atoms with Crippen LogP contribution >= 0.6 is 0 Å². The first-order chi connectivity index (χ1) is 11.0. The highest BCUT2D eigenvalue weighted by Crippen LogP contribution is 2.40. The van der Waals surface area contributed by atoms with E-state index >= 15 is 0 Å². The average molecular weight is 364 g/mol. The molecule has 2 aliphatic rings. The quantitative estimate of drug-likeness (QED) is 0.885. The Morgan fingerprint density at radius 3 is 2.12 bits per heavy atom. The van der Waals surface area contributed by atoms with E-state index in [4.69, 9.17) is 5.11 Å². The van der Waals surface area contributed by atoms with Crippen molar-refractivity contribution < 1.29 is 31.5 Å². The number of nitrogens with zero attached hydrogens (tertiary/aromatic N) is 2. The van der Waals surface area contributed by atoms with Crippen molar-refractivity contribution in [1.82, 2.24) is 9.80 Å². The molecule has 24 heavy (non-hydrogen) atoms. The number of halogens is 3. The van der Waals surface area contributed by atoms with Crippen LogP contribution in [0.15, 0.2) is 29.2 Å². The lowest BCUT2D eigenvalue weighted by molar-refractivity contribution is -0.105. The number of likely N-dealkylation sites (tertiary alicyclic amines) is 2. The zero-order valence-corrected chi connectivity index (χ0v) is 13.3. The van der Waals surface area contributed by atoms with Gasteiger partial charge >= 0.3 is 11.6 Å². The lowest BCUT2D eigenvalue weighted by Crippen LogP contribution is -2.72. The van der Waals surface area contributed by atoms with Crippen molar-refractivity contribution in [3.05, 3.63) is 29.8 Å². The Balaban J connectivity index is 1.57. The summed E-state index contributed by atoms with van der Waals surface area (Å²) in [5, 5.41) is 8.82. The minimum atomic E-state index is -5.32. The van der Waals surface area contributed by atoms with E-state index in [1.165, 1.54) is 17.0 Å². The molecule has 1 aromatic rings. The van der Waals surface area contributed by atoms with Crippen molar-refractivity contribution in [2.75, 3.05) is 26.2 Å². The number of carboxylic acid groups (broad SMARTS) is 1. The van der Waals surface area contributed by atoms with Crippen molar-refractivity contribution in [3.63, 3.8) is 0 Å². The van der Waals surface area contributed by atoms with Gasteiger partial charge < -0.3 is 10.0 Å². The van der Waals surface area contributed by atoms with Gasteiger partial charge in [-0.1, -0.05) is 12.1 Å². The van der Waals surface area contributed by atoms with Gasteiger partial charge in [0.15, 0.2) is 0 Å². The van der Waals surface area contributed by atoms with E-state index in [-0.39, 0.29) is 5.41 Å². The van der Waals surface area contributed by atoms with Crippen LogP contribution in [-0.4, -0.2) is 61.1 Å². The van der Waals surface area contributed by atoms with Gasteiger partial charge in [-0.2, -0.15) is 13.2 Å². The van der Waals surface area contributed by atoms with Gasteiger partial charge in [-0.15, -0.1) is 0 Å². The number of carbonyl (C=O) groups is 1. The smallest absolute Gasteiger partial charge is 0.465 e. The summed E-state index contributed by atoms with van der Waals surface area (Å²) in [4.78, 5) is 13.4. The maximum atomic E-state index is 12.5. The molecule has 2 heterocycles. The second-order valence-corrected chi connectivity index (χ2v) is 8.32. The molecule has 0 bridgehead atoms. The molecule has 0 saturated carbocycles. The lowest BCUT2D eigenvalue weighted by atomic mass is 9.73. The molecule has 2 fully saturated rings. The van der Waals surface area contributed by atoms with Crippen LogP contribution < -0.4 is 0 Å². The van der Waals surface area contributed by atoms with Crippen LogP contribution in [0.4, 0.5) is 18.0 Å². The highest BCUT2D eigenvalue weighted by atomic mass is 32.2. The van der Waals surface area contributed by atoms with Gasteiger partial charge in [0.25, 0.3) is 9.84 Å². The number of alkyl halides is 3. The Kier molecular flexibility index (Phi) is 3.79. The third-order valence-corrected chi connectivity index (χ3v) is 5.89. The molecule has 10 heteroatoms. The molecule has 6 nitrogen and oxygen atoms in total. The monoisotopic (exact) mass is 364 g/mol. The van der Waals surface area contributed by atoms with E-state index < -0.39 is 26.3 Å². The van der Waals surface area contributed by atoms with Crippen molar-refractivity contribution in [2.24, 2.45) is 5.41 Å². The molecule has 0 aliphatic carbocycles. The Morgan fingerprint density at radius 2 is 1.67 bits per heavy atom. The molecule has 2 saturated heterocycles. The Bertz CT molecular complexity index is 747. The third-order valence-electron chi connectivity index (χ3n) is 4.39. The Labute approximate surface area is 136 Å². The lowest BCUT2D eigenvalue weighted by Gasteiger charge is -2.59. The van der Waals surface area contributed by atoms with Crippen LogP contribution in [0.5, 0.6) is 0 Å². The molecular weight excluding hydrogens is 349 g/mol. The highest BCUT2D eigenvalue weighted by molar-refractivity contribution is 7.92. The van der Waals surface area contributed by atoms with Gasteiger partial charge in [-0.3, -0.25) is 4.90 Å². The first-order valence-corrected chi connectivity index (χ1v) is 8.61. The van der Waals surface area contributed by atoms with E-state index in [2.05, 4.69) is 0 Å². The molecule has 3 rings (SSSR count). The second-order valence-electron chi connectivity index (χ2n) is 6.38. The zero-order valence-electron chi connectivity index (χ0n) is 12.5. The average Bonchev–Trinajstić information content (AvgIpc) is 2.38. The molecule has 132 valence electrons. The first kappa shape index (κ1) is 17.0. The largest absolute Gasteiger partial charge is 0.501 e. The van der Waals surface area contributed by atoms with E-state index in [0.717, 1.165) is 25.2 Å². The molecule has 0 radical (unpaired) electrons. The van der Waals surface area contributed by atoms with E-state index in [9.17, 15) is 26.4 Å². The molecule has 1 N–H and O–H groups in total. The summed E-state index contributed by atoms with van der Waals surface area (Å²) in [5.74, 6) is 0. The number of amides is 1. The minimum Gasteiger partial charge on any atom is -0.465 e. The molecule has 0 atom stereocenters. The fourth-order valence-corrected chi connectivity index (χ4v) is 4.04. The van der Waals surface area contributed by atoms with Gasteiger partial charge in [0.2, 0.25) is 0 Å². The minimum absolute atomic E-state index is 0.00203. The molecular formula is C14H15F3N2O4S. The first-order valence-electron chi connectivity index (χ1n) is 7.13. The predicted octanol–water partition coefficient (Wildman–Crippen LogP) is 1.78. The van der Waals surface area contributed by atoms with Crippen molar-refractivity contribution >= 4 is 15.9 Å². The van der Waals surface area contributed by atoms with E-state index in [1.807, 2.05) is 4.90 Å². The van der Waals surface area contributed by atoms with Gasteiger partial charge in [-0.25, -0.2) is 13.2 Å². The van der Waals surface area contributed by atoms with Gasteiger partial charge in [0.05, 0.1) is 4.90 Å². The maximum absolute atomic E-state index is 12.5. The third kappa shape index (κ3) is 2.84. The standard InChI is InChI=1S/C14H15F3N2O4S/c15-14(16,17)24(22,23)11-3-1-10(2-4-11)5-18-6-13(7-18)8-19(9-13)12(20)21/h1-4H,5-9H2,(H,20,21). The fourth-order valence-electron chi connectivity index (χ4n) is 3.28. The number of hydrogen-bond acceptors (Lipinski definition) is 4. The Hall–Kier alpha value is -1.81. The van der Waals surface area contributed by atoms with Crippen molar-refractivity contribution in [1.29, 1.82) is 0 Å². The number of rotatable bonds is 3. The molecule has 0 unspecified atom stereocenters. The SMILES string of the molecule is O=C(O)N1CC2(CN(Cc3ccc(S(=O)(=O)C(F)(F)F)cc3)C2)C1. The zero-order chi connectivity index (χ0) is 17.8. The molecule has 2 aliphatic heterocycles. The Morgan fingerprint density at radius 1 is 1.12 bits per heavy atom. The van der Waals surface area contributed by atoms with Crippen LogP contribution in [0.1, 0.15) is 5.56 Å². The van der Waals surface area contributed by atoms with E-state index in [0.29, 0.717) is 25.2 Å². The van der Waals surface area contributed by atoms with Crippen LogP contribution in [-0.2, 0) is 16.4 Å².